The fourth-order valence-electron chi connectivity index (χ4n) is 3.53. The fraction of sp³-hybridized carbons (Fsp3) is 0.300. The van der Waals surface area contributed by atoms with Crippen molar-refractivity contribution in [2.45, 2.75) is 18.5 Å². The standard InChI is InChI=1S/C20H22N4O3/c1-25-14-6-4-13(5-7-14)17-11-18(24-20(23-17)21-12-22-24)16-9-8-15(26-2)10-19(16)27-3/h4-10,12,17-18H,11H2,1-3H3,(H,21,22,23)/t17-,18+/m0/s1. The van der Waals surface area contributed by atoms with E-state index in [1.807, 2.05) is 35.0 Å². The van der Waals surface area contributed by atoms with Gasteiger partial charge >= 0.3 is 0 Å². The van der Waals surface area contributed by atoms with E-state index in [4.69, 9.17) is 14.2 Å². The van der Waals surface area contributed by atoms with Crippen molar-refractivity contribution in [1.82, 2.24) is 14.8 Å². The predicted molar refractivity (Wildman–Crippen MR) is 102 cm³/mol. The second-order valence-corrected chi connectivity index (χ2v) is 6.36. The molecule has 0 saturated heterocycles. The molecule has 0 aliphatic carbocycles. The quantitative estimate of drug-likeness (QED) is 0.746. The summed E-state index contributed by atoms with van der Waals surface area (Å²) in [6.45, 7) is 0. The molecule has 27 heavy (non-hydrogen) atoms. The highest BCUT2D eigenvalue weighted by atomic mass is 16.5. The Morgan fingerprint density at radius 1 is 0.963 bits per heavy atom. The molecule has 0 saturated carbocycles. The Bertz CT molecular complexity index is 923. The highest BCUT2D eigenvalue weighted by Gasteiger charge is 2.31. The van der Waals surface area contributed by atoms with Gasteiger partial charge in [-0.2, -0.15) is 10.1 Å². The van der Waals surface area contributed by atoms with Crippen molar-refractivity contribution in [3.8, 4) is 17.2 Å². The Kier molecular flexibility index (Phi) is 4.58. The number of rotatable bonds is 5. The second kappa shape index (κ2) is 7.19. The maximum Gasteiger partial charge on any atom is 0.222 e. The molecule has 0 bridgehead atoms. The molecule has 0 radical (unpaired) electrons. The Balaban J connectivity index is 1.72. The molecule has 4 rings (SSSR count). The fourth-order valence-corrected chi connectivity index (χ4v) is 3.53. The number of anilines is 1. The average Bonchev–Trinajstić information content (AvgIpc) is 3.21. The minimum atomic E-state index is -0.00305. The summed E-state index contributed by atoms with van der Waals surface area (Å²) in [4.78, 5) is 4.38. The van der Waals surface area contributed by atoms with E-state index in [1.165, 1.54) is 5.56 Å². The van der Waals surface area contributed by atoms with Crippen molar-refractivity contribution in [2.24, 2.45) is 0 Å². The van der Waals surface area contributed by atoms with Crippen LogP contribution in [0.1, 0.15) is 29.6 Å². The first-order valence-corrected chi connectivity index (χ1v) is 8.75. The van der Waals surface area contributed by atoms with Gasteiger partial charge in [-0.05, 0) is 36.2 Å². The van der Waals surface area contributed by atoms with Crippen LogP contribution in [-0.2, 0) is 0 Å². The molecule has 0 fully saturated rings. The number of nitrogens with zero attached hydrogens (tertiary/aromatic N) is 3. The topological polar surface area (TPSA) is 70.4 Å². The van der Waals surface area contributed by atoms with Crippen LogP contribution in [0.5, 0.6) is 17.2 Å². The first kappa shape index (κ1) is 17.2. The maximum atomic E-state index is 5.63. The van der Waals surface area contributed by atoms with Crippen molar-refractivity contribution < 1.29 is 14.2 Å². The third-order valence-electron chi connectivity index (χ3n) is 4.95. The van der Waals surface area contributed by atoms with Gasteiger partial charge in [-0.25, -0.2) is 4.68 Å². The van der Waals surface area contributed by atoms with E-state index in [0.29, 0.717) is 0 Å². The molecule has 1 aromatic heterocycles. The van der Waals surface area contributed by atoms with Crippen LogP contribution in [-0.4, -0.2) is 36.1 Å². The lowest BCUT2D eigenvalue weighted by atomic mass is 9.92. The van der Waals surface area contributed by atoms with Gasteiger partial charge in [-0.3, -0.25) is 0 Å². The number of hydrogen-bond donors (Lipinski definition) is 1. The zero-order valence-corrected chi connectivity index (χ0v) is 15.5. The highest BCUT2D eigenvalue weighted by molar-refractivity contribution is 5.46. The minimum Gasteiger partial charge on any atom is -0.497 e. The van der Waals surface area contributed by atoms with Gasteiger partial charge in [-0.1, -0.05) is 12.1 Å². The van der Waals surface area contributed by atoms with E-state index >= 15 is 0 Å². The lowest BCUT2D eigenvalue weighted by Crippen LogP contribution is -2.28. The van der Waals surface area contributed by atoms with Gasteiger partial charge < -0.3 is 19.5 Å². The van der Waals surface area contributed by atoms with Crippen LogP contribution in [0.3, 0.4) is 0 Å². The van der Waals surface area contributed by atoms with Crippen LogP contribution < -0.4 is 19.5 Å². The lowest BCUT2D eigenvalue weighted by Gasteiger charge is -2.32. The number of ether oxygens (including phenoxy) is 3. The third kappa shape index (κ3) is 3.16. The van der Waals surface area contributed by atoms with E-state index < -0.39 is 0 Å². The number of fused-ring (bicyclic) bond motifs is 1. The molecule has 1 aliphatic rings. The van der Waals surface area contributed by atoms with Crippen LogP contribution in [0.4, 0.5) is 5.95 Å². The summed E-state index contributed by atoms with van der Waals surface area (Å²) in [5.74, 6) is 3.11. The van der Waals surface area contributed by atoms with Crippen molar-refractivity contribution in [3.63, 3.8) is 0 Å². The molecule has 1 aliphatic heterocycles. The van der Waals surface area contributed by atoms with Gasteiger partial charge in [0.05, 0.1) is 33.4 Å². The Hall–Kier alpha value is -3.22. The van der Waals surface area contributed by atoms with Crippen LogP contribution in [0, 0.1) is 0 Å². The van der Waals surface area contributed by atoms with Crippen molar-refractivity contribution in [3.05, 3.63) is 59.9 Å². The van der Waals surface area contributed by atoms with Gasteiger partial charge in [0, 0.05) is 11.6 Å². The average molecular weight is 366 g/mol. The zero-order valence-electron chi connectivity index (χ0n) is 15.5. The van der Waals surface area contributed by atoms with Gasteiger partial charge in [0.25, 0.3) is 0 Å². The molecule has 0 spiro atoms. The molecular weight excluding hydrogens is 344 g/mol. The number of methoxy groups -OCH3 is 3. The summed E-state index contributed by atoms with van der Waals surface area (Å²) in [6, 6.07) is 14.1. The smallest absolute Gasteiger partial charge is 0.222 e. The van der Waals surface area contributed by atoms with Crippen LogP contribution in [0.25, 0.3) is 0 Å². The summed E-state index contributed by atoms with van der Waals surface area (Å²) < 4.78 is 18.1. The monoisotopic (exact) mass is 366 g/mol. The molecule has 2 heterocycles. The van der Waals surface area contributed by atoms with Crippen molar-refractivity contribution >= 4 is 5.95 Å². The van der Waals surface area contributed by atoms with Crippen LogP contribution in [0.2, 0.25) is 0 Å². The molecule has 0 amide bonds. The zero-order chi connectivity index (χ0) is 18.8. The van der Waals surface area contributed by atoms with Gasteiger partial charge in [-0.15, -0.1) is 0 Å². The summed E-state index contributed by atoms with van der Waals surface area (Å²) in [6.07, 6.45) is 2.38. The summed E-state index contributed by atoms with van der Waals surface area (Å²) in [5, 5.41) is 7.90. The Morgan fingerprint density at radius 2 is 1.70 bits per heavy atom. The number of aromatic nitrogens is 3. The molecule has 7 heteroatoms. The van der Waals surface area contributed by atoms with Gasteiger partial charge in [0.15, 0.2) is 0 Å². The largest absolute Gasteiger partial charge is 0.497 e. The molecule has 7 nitrogen and oxygen atoms in total. The summed E-state index contributed by atoms with van der Waals surface area (Å²) >= 11 is 0. The molecule has 2 aromatic carbocycles. The van der Waals surface area contributed by atoms with Crippen molar-refractivity contribution in [1.29, 1.82) is 0 Å². The summed E-state index contributed by atoms with van der Waals surface area (Å²) in [5.41, 5.74) is 2.22. The molecule has 140 valence electrons. The molecule has 1 N–H and O–H groups in total. The second-order valence-electron chi connectivity index (χ2n) is 6.36. The molecular formula is C20H22N4O3. The van der Waals surface area contributed by atoms with E-state index in [2.05, 4.69) is 27.5 Å². The number of nitrogens with one attached hydrogen (secondary N) is 1. The van der Waals surface area contributed by atoms with E-state index in [-0.39, 0.29) is 12.1 Å². The van der Waals surface area contributed by atoms with E-state index in [9.17, 15) is 0 Å². The Labute approximate surface area is 157 Å². The van der Waals surface area contributed by atoms with Gasteiger partial charge in [0.1, 0.15) is 23.6 Å². The Morgan fingerprint density at radius 3 is 2.41 bits per heavy atom. The van der Waals surface area contributed by atoms with E-state index in [0.717, 1.165) is 35.2 Å². The van der Waals surface area contributed by atoms with E-state index in [1.54, 1.807) is 27.7 Å². The first-order chi connectivity index (χ1) is 13.2. The SMILES string of the molecule is COc1ccc([C@@H]2C[C@H](c3ccc(OC)cc3OC)n3ncnc3N2)cc1. The molecule has 2 atom stereocenters. The van der Waals surface area contributed by atoms with Crippen LogP contribution in [0.15, 0.2) is 48.8 Å². The molecule has 0 unspecified atom stereocenters. The van der Waals surface area contributed by atoms with Gasteiger partial charge in [0.2, 0.25) is 5.95 Å². The summed E-state index contributed by atoms with van der Waals surface area (Å²) in [7, 11) is 4.99. The minimum absolute atomic E-state index is 0.00305. The first-order valence-electron chi connectivity index (χ1n) is 8.75. The molecule has 3 aromatic rings. The number of benzene rings is 2. The lowest BCUT2D eigenvalue weighted by molar-refractivity contribution is 0.371. The highest BCUT2D eigenvalue weighted by Crippen LogP contribution is 2.41. The van der Waals surface area contributed by atoms with Crippen molar-refractivity contribution in [2.75, 3.05) is 26.6 Å². The normalized spacial score (nSPS) is 18.3. The number of hydrogen-bond acceptors (Lipinski definition) is 6. The third-order valence-corrected chi connectivity index (χ3v) is 4.95. The predicted octanol–water partition coefficient (Wildman–Crippen LogP) is 3.45. The maximum absolute atomic E-state index is 5.63. The van der Waals surface area contributed by atoms with Crippen LogP contribution >= 0.6 is 0 Å².